The summed E-state index contributed by atoms with van der Waals surface area (Å²) in [6.45, 7) is 5.68. The third-order valence-corrected chi connectivity index (χ3v) is 3.82. The predicted octanol–water partition coefficient (Wildman–Crippen LogP) is 4.27. The van der Waals surface area contributed by atoms with Crippen molar-refractivity contribution in [2.45, 2.75) is 44.5 Å². The number of aryl methyl sites for hydroxylation is 1. The molecule has 16 heavy (non-hydrogen) atoms. The summed E-state index contributed by atoms with van der Waals surface area (Å²) in [6, 6.07) is 7.64. The Morgan fingerprint density at radius 3 is 2.62 bits per heavy atom. The zero-order chi connectivity index (χ0) is 11.5. The fourth-order valence-corrected chi connectivity index (χ4v) is 2.60. The standard InChI is InChI=1S/C14H20BrN/c1-3-8-16(13-5-6-13)14-7-4-12(10-15)9-11(14)2/h4,7,9,13H,3,5-6,8,10H2,1-2H3. The predicted molar refractivity (Wildman–Crippen MR) is 74.5 cm³/mol. The SMILES string of the molecule is CCCN(c1ccc(CBr)cc1C)C1CC1. The smallest absolute Gasteiger partial charge is 0.0398 e. The molecular formula is C14H20BrN. The average molecular weight is 282 g/mol. The van der Waals surface area contributed by atoms with E-state index in [4.69, 9.17) is 0 Å². The third kappa shape index (κ3) is 2.60. The number of hydrogen-bond donors (Lipinski definition) is 0. The summed E-state index contributed by atoms with van der Waals surface area (Å²) in [7, 11) is 0. The van der Waals surface area contributed by atoms with E-state index in [0.29, 0.717) is 0 Å². The Labute approximate surface area is 107 Å². The monoisotopic (exact) mass is 281 g/mol. The van der Waals surface area contributed by atoms with Gasteiger partial charge in [0.15, 0.2) is 0 Å². The van der Waals surface area contributed by atoms with Crippen molar-refractivity contribution in [1.29, 1.82) is 0 Å². The lowest BCUT2D eigenvalue weighted by Gasteiger charge is -2.26. The first-order valence-corrected chi connectivity index (χ1v) is 7.30. The summed E-state index contributed by atoms with van der Waals surface area (Å²) < 4.78 is 0. The Bertz CT molecular complexity index is 358. The van der Waals surface area contributed by atoms with Gasteiger partial charge in [0.25, 0.3) is 0 Å². The van der Waals surface area contributed by atoms with Gasteiger partial charge in [0.2, 0.25) is 0 Å². The summed E-state index contributed by atoms with van der Waals surface area (Å²) in [5.74, 6) is 0. The molecule has 0 unspecified atom stereocenters. The molecule has 0 radical (unpaired) electrons. The Morgan fingerprint density at radius 1 is 1.38 bits per heavy atom. The normalized spacial score (nSPS) is 15.2. The van der Waals surface area contributed by atoms with Crippen LogP contribution < -0.4 is 4.90 Å². The molecule has 1 saturated carbocycles. The van der Waals surface area contributed by atoms with Crippen molar-refractivity contribution in [3.8, 4) is 0 Å². The second-order valence-electron chi connectivity index (χ2n) is 4.68. The van der Waals surface area contributed by atoms with Crippen molar-refractivity contribution in [3.63, 3.8) is 0 Å². The highest BCUT2D eigenvalue weighted by molar-refractivity contribution is 9.08. The largest absolute Gasteiger partial charge is 0.368 e. The molecule has 1 fully saturated rings. The number of halogens is 1. The maximum Gasteiger partial charge on any atom is 0.0398 e. The summed E-state index contributed by atoms with van der Waals surface area (Å²) in [4.78, 5) is 2.59. The van der Waals surface area contributed by atoms with Crippen molar-refractivity contribution in [3.05, 3.63) is 29.3 Å². The minimum absolute atomic E-state index is 0.813. The highest BCUT2D eigenvalue weighted by Crippen LogP contribution is 2.34. The van der Waals surface area contributed by atoms with Crippen molar-refractivity contribution in [1.82, 2.24) is 0 Å². The molecule has 0 spiro atoms. The molecule has 0 saturated heterocycles. The Morgan fingerprint density at radius 2 is 2.12 bits per heavy atom. The summed E-state index contributed by atoms with van der Waals surface area (Å²) in [5.41, 5.74) is 4.22. The van der Waals surface area contributed by atoms with Gasteiger partial charge in [0.1, 0.15) is 0 Å². The topological polar surface area (TPSA) is 3.24 Å². The van der Waals surface area contributed by atoms with Gasteiger partial charge >= 0.3 is 0 Å². The maximum absolute atomic E-state index is 3.51. The van der Waals surface area contributed by atoms with Gasteiger partial charge in [0, 0.05) is 23.6 Å². The van der Waals surface area contributed by atoms with Gasteiger partial charge in [0.05, 0.1) is 0 Å². The number of nitrogens with zero attached hydrogens (tertiary/aromatic N) is 1. The molecule has 1 aliphatic rings. The quantitative estimate of drug-likeness (QED) is 0.729. The van der Waals surface area contributed by atoms with Crippen LogP contribution in [0.5, 0.6) is 0 Å². The molecule has 0 heterocycles. The van der Waals surface area contributed by atoms with Crippen molar-refractivity contribution >= 4 is 21.6 Å². The van der Waals surface area contributed by atoms with Gasteiger partial charge in [-0.1, -0.05) is 35.0 Å². The van der Waals surface area contributed by atoms with Gasteiger partial charge in [-0.2, -0.15) is 0 Å². The second-order valence-corrected chi connectivity index (χ2v) is 5.24. The van der Waals surface area contributed by atoms with E-state index >= 15 is 0 Å². The number of hydrogen-bond acceptors (Lipinski definition) is 1. The molecule has 0 amide bonds. The minimum atomic E-state index is 0.813. The van der Waals surface area contributed by atoms with Gasteiger partial charge in [-0.15, -0.1) is 0 Å². The fraction of sp³-hybridized carbons (Fsp3) is 0.571. The first-order chi connectivity index (χ1) is 7.76. The summed E-state index contributed by atoms with van der Waals surface area (Å²) >= 11 is 3.51. The molecule has 1 aliphatic carbocycles. The van der Waals surface area contributed by atoms with E-state index in [-0.39, 0.29) is 0 Å². The Kier molecular flexibility index (Phi) is 3.91. The van der Waals surface area contributed by atoms with Crippen LogP contribution in [-0.2, 0) is 5.33 Å². The van der Waals surface area contributed by atoms with Crippen LogP contribution >= 0.6 is 15.9 Å². The minimum Gasteiger partial charge on any atom is -0.368 e. The van der Waals surface area contributed by atoms with Gasteiger partial charge in [-0.25, -0.2) is 0 Å². The first-order valence-electron chi connectivity index (χ1n) is 6.18. The summed E-state index contributed by atoms with van der Waals surface area (Å²) in [5, 5.41) is 0.950. The molecule has 2 rings (SSSR count). The highest BCUT2D eigenvalue weighted by Gasteiger charge is 2.29. The van der Waals surface area contributed by atoms with Gasteiger partial charge in [-0.3, -0.25) is 0 Å². The lowest BCUT2D eigenvalue weighted by Crippen LogP contribution is -2.27. The van der Waals surface area contributed by atoms with E-state index in [1.807, 2.05) is 0 Å². The number of rotatable bonds is 5. The molecule has 88 valence electrons. The molecular weight excluding hydrogens is 262 g/mol. The van der Waals surface area contributed by atoms with Gasteiger partial charge in [-0.05, 0) is 43.4 Å². The lowest BCUT2D eigenvalue weighted by molar-refractivity contribution is 0.760. The van der Waals surface area contributed by atoms with Crippen LogP contribution in [-0.4, -0.2) is 12.6 Å². The van der Waals surface area contributed by atoms with Crippen molar-refractivity contribution < 1.29 is 0 Å². The first kappa shape index (κ1) is 12.0. The zero-order valence-electron chi connectivity index (χ0n) is 10.2. The molecule has 1 aromatic carbocycles. The molecule has 0 N–H and O–H groups in total. The van der Waals surface area contributed by atoms with E-state index in [0.717, 1.165) is 11.4 Å². The average Bonchev–Trinajstić information content (AvgIpc) is 3.10. The van der Waals surface area contributed by atoms with Crippen LogP contribution in [0.15, 0.2) is 18.2 Å². The second kappa shape index (κ2) is 5.22. The zero-order valence-corrected chi connectivity index (χ0v) is 11.8. The molecule has 0 atom stereocenters. The number of alkyl halides is 1. The fourth-order valence-electron chi connectivity index (χ4n) is 2.25. The molecule has 2 heteroatoms. The molecule has 0 aromatic heterocycles. The number of benzene rings is 1. The highest BCUT2D eigenvalue weighted by atomic mass is 79.9. The van der Waals surface area contributed by atoms with Crippen LogP contribution in [0.2, 0.25) is 0 Å². The van der Waals surface area contributed by atoms with E-state index in [9.17, 15) is 0 Å². The van der Waals surface area contributed by atoms with Crippen LogP contribution in [0.25, 0.3) is 0 Å². The van der Waals surface area contributed by atoms with Crippen LogP contribution in [0.1, 0.15) is 37.3 Å². The van der Waals surface area contributed by atoms with E-state index in [2.05, 4.69) is 52.9 Å². The Hall–Kier alpha value is -0.500. The molecule has 0 aliphatic heterocycles. The van der Waals surface area contributed by atoms with Gasteiger partial charge < -0.3 is 4.90 Å². The maximum atomic E-state index is 3.51. The van der Waals surface area contributed by atoms with Crippen LogP contribution in [0.3, 0.4) is 0 Å². The lowest BCUT2D eigenvalue weighted by atomic mass is 10.1. The van der Waals surface area contributed by atoms with E-state index < -0.39 is 0 Å². The number of anilines is 1. The molecule has 1 nitrogen and oxygen atoms in total. The van der Waals surface area contributed by atoms with E-state index in [1.54, 1.807) is 0 Å². The van der Waals surface area contributed by atoms with E-state index in [1.165, 1.54) is 42.6 Å². The Balaban J connectivity index is 2.22. The van der Waals surface area contributed by atoms with Crippen molar-refractivity contribution in [2.24, 2.45) is 0 Å². The third-order valence-electron chi connectivity index (χ3n) is 3.18. The molecule has 1 aromatic rings. The summed E-state index contributed by atoms with van der Waals surface area (Å²) in [6.07, 6.45) is 3.98. The van der Waals surface area contributed by atoms with Crippen molar-refractivity contribution in [2.75, 3.05) is 11.4 Å². The van der Waals surface area contributed by atoms with Crippen LogP contribution in [0.4, 0.5) is 5.69 Å². The molecule has 0 bridgehead atoms. The van der Waals surface area contributed by atoms with Crippen LogP contribution in [0, 0.1) is 6.92 Å².